The lowest BCUT2D eigenvalue weighted by atomic mass is 10.2. The van der Waals surface area contributed by atoms with Gasteiger partial charge >= 0.3 is 0 Å². The standard InChI is InChI=1S/C8H11NO2/c1-6(11)8-4-2-3-7(5-10)9-8/h2-4,6,10-11H,5H2,1H3/t6-/m0/s1. The molecule has 0 aromatic carbocycles. The van der Waals surface area contributed by atoms with Gasteiger partial charge in [0.1, 0.15) is 0 Å². The van der Waals surface area contributed by atoms with Crippen molar-refractivity contribution in [1.29, 1.82) is 0 Å². The van der Waals surface area contributed by atoms with Crippen LogP contribution in [0.4, 0.5) is 0 Å². The van der Waals surface area contributed by atoms with Gasteiger partial charge in [-0.3, -0.25) is 4.98 Å². The zero-order chi connectivity index (χ0) is 8.27. The Labute approximate surface area is 65.3 Å². The highest BCUT2D eigenvalue weighted by Gasteiger charge is 2.01. The lowest BCUT2D eigenvalue weighted by Crippen LogP contribution is -1.98. The summed E-state index contributed by atoms with van der Waals surface area (Å²) < 4.78 is 0. The summed E-state index contributed by atoms with van der Waals surface area (Å²) in [5, 5.41) is 17.8. The summed E-state index contributed by atoms with van der Waals surface area (Å²) in [6.07, 6.45) is -0.568. The molecular formula is C8H11NO2. The summed E-state index contributed by atoms with van der Waals surface area (Å²) in [5.41, 5.74) is 1.18. The van der Waals surface area contributed by atoms with E-state index in [9.17, 15) is 0 Å². The van der Waals surface area contributed by atoms with Crippen molar-refractivity contribution in [3.05, 3.63) is 29.6 Å². The molecule has 0 aliphatic rings. The number of aromatic nitrogens is 1. The van der Waals surface area contributed by atoms with Crippen molar-refractivity contribution >= 4 is 0 Å². The Morgan fingerprint density at radius 1 is 1.55 bits per heavy atom. The lowest BCUT2D eigenvalue weighted by molar-refractivity contribution is 0.193. The molecule has 0 bridgehead atoms. The molecule has 3 heteroatoms. The van der Waals surface area contributed by atoms with Gasteiger partial charge in [-0.25, -0.2) is 0 Å². The monoisotopic (exact) mass is 153 g/mol. The van der Waals surface area contributed by atoms with Crippen molar-refractivity contribution in [2.45, 2.75) is 19.6 Å². The van der Waals surface area contributed by atoms with Gasteiger partial charge in [-0.15, -0.1) is 0 Å². The van der Waals surface area contributed by atoms with Crippen molar-refractivity contribution in [2.24, 2.45) is 0 Å². The van der Waals surface area contributed by atoms with E-state index < -0.39 is 6.10 Å². The third-order valence-corrected chi connectivity index (χ3v) is 1.42. The van der Waals surface area contributed by atoms with E-state index in [1.54, 1.807) is 25.1 Å². The molecule has 0 radical (unpaired) electrons. The Bertz CT molecular complexity index is 235. The van der Waals surface area contributed by atoms with Gasteiger partial charge in [0, 0.05) is 0 Å². The smallest absolute Gasteiger partial charge is 0.0931 e. The van der Waals surface area contributed by atoms with Crippen molar-refractivity contribution in [1.82, 2.24) is 4.98 Å². The highest BCUT2D eigenvalue weighted by molar-refractivity contribution is 5.11. The van der Waals surface area contributed by atoms with Crippen LogP contribution in [0.15, 0.2) is 18.2 Å². The van der Waals surface area contributed by atoms with Gasteiger partial charge in [-0.05, 0) is 19.1 Å². The third kappa shape index (κ3) is 2.00. The van der Waals surface area contributed by atoms with Gasteiger partial charge in [-0.1, -0.05) is 6.07 Å². The molecule has 1 aromatic heterocycles. The van der Waals surface area contributed by atoms with Crippen molar-refractivity contribution < 1.29 is 10.2 Å². The van der Waals surface area contributed by atoms with Gasteiger partial charge in [0.25, 0.3) is 0 Å². The Morgan fingerprint density at radius 2 is 2.27 bits per heavy atom. The second-order valence-corrected chi connectivity index (χ2v) is 2.39. The number of rotatable bonds is 2. The molecule has 1 rings (SSSR count). The molecule has 11 heavy (non-hydrogen) atoms. The van der Waals surface area contributed by atoms with Crippen LogP contribution >= 0.6 is 0 Å². The Kier molecular flexibility index (Phi) is 2.57. The molecule has 3 nitrogen and oxygen atoms in total. The van der Waals surface area contributed by atoms with Crippen LogP contribution in [0, 0.1) is 0 Å². The first kappa shape index (κ1) is 8.17. The second-order valence-electron chi connectivity index (χ2n) is 2.39. The second kappa shape index (κ2) is 3.46. The number of hydrogen-bond acceptors (Lipinski definition) is 3. The largest absolute Gasteiger partial charge is 0.390 e. The molecule has 0 aliphatic heterocycles. The van der Waals surface area contributed by atoms with E-state index >= 15 is 0 Å². The van der Waals surface area contributed by atoms with Crippen LogP contribution in [0.25, 0.3) is 0 Å². The van der Waals surface area contributed by atoms with Gasteiger partial charge in [-0.2, -0.15) is 0 Å². The maximum Gasteiger partial charge on any atom is 0.0931 e. The summed E-state index contributed by atoms with van der Waals surface area (Å²) in [6, 6.07) is 5.20. The molecule has 0 amide bonds. The summed E-state index contributed by atoms with van der Waals surface area (Å²) in [5.74, 6) is 0. The summed E-state index contributed by atoms with van der Waals surface area (Å²) in [7, 11) is 0. The molecular weight excluding hydrogens is 142 g/mol. The number of aliphatic hydroxyl groups is 2. The molecule has 1 aromatic rings. The van der Waals surface area contributed by atoms with Gasteiger partial charge in [0.2, 0.25) is 0 Å². The quantitative estimate of drug-likeness (QED) is 0.655. The maximum absolute atomic E-state index is 9.10. The van der Waals surface area contributed by atoms with E-state index in [2.05, 4.69) is 4.98 Å². The summed E-state index contributed by atoms with van der Waals surface area (Å²) >= 11 is 0. The van der Waals surface area contributed by atoms with Crippen LogP contribution in [0.1, 0.15) is 24.4 Å². The van der Waals surface area contributed by atoms with Crippen LogP contribution < -0.4 is 0 Å². The van der Waals surface area contributed by atoms with Crippen molar-refractivity contribution in [2.75, 3.05) is 0 Å². The average molecular weight is 153 g/mol. The fraction of sp³-hybridized carbons (Fsp3) is 0.375. The molecule has 0 spiro atoms. The maximum atomic E-state index is 9.10. The van der Waals surface area contributed by atoms with E-state index in [4.69, 9.17) is 10.2 Å². The number of nitrogens with zero attached hydrogens (tertiary/aromatic N) is 1. The van der Waals surface area contributed by atoms with Crippen LogP contribution in [-0.4, -0.2) is 15.2 Å². The first-order valence-corrected chi connectivity index (χ1v) is 3.49. The highest BCUT2D eigenvalue weighted by atomic mass is 16.3. The van der Waals surface area contributed by atoms with Crippen LogP contribution in [-0.2, 0) is 6.61 Å². The topological polar surface area (TPSA) is 53.4 Å². The predicted molar refractivity (Wildman–Crippen MR) is 40.8 cm³/mol. The van der Waals surface area contributed by atoms with Crippen LogP contribution in [0.5, 0.6) is 0 Å². The normalized spacial score (nSPS) is 13.0. The minimum Gasteiger partial charge on any atom is -0.390 e. The molecule has 1 heterocycles. The summed E-state index contributed by atoms with van der Waals surface area (Å²) in [4.78, 5) is 3.99. The number of aliphatic hydroxyl groups excluding tert-OH is 2. The first-order valence-electron chi connectivity index (χ1n) is 3.49. The van der Waals surface area contributed by atoms with E-state index in [0.717, 1.165) is 0 Å². The fourth-order valence-electron chi connectivity index (χ4n) is 0.819. The third-order valence-electron chi connectivity index (χ3n) is 1.42. The zero-order valence-corrected chi connectivity index (χ0v) is 6.36. The molecule has 0 saturated carbocycles. The number of pyridine rings is 1. The van der Waals surface area contributed by atoms with Gasteiger partial charge in [0.15, 0.2) is 0 Å². The minimum absolute atomic E-state index is 0.0828. The Hall–Kier alpha value is -0.930. The van der Waals surface area contributed by atoms with E-state index in [-0.39, 0.29) is 6.61 Å². The lowest BCUT2D eigenvalue weighted by Gasteiger charge is -2.03. The van der Waals surface area contributed by atoms with Gasteiger partial charge < -0.3 is 10.2 Å². The minimum atomic E-state index is -0.568. The summed E-state index contributed by atoms with van der Waals surface area (Å²) in [6.45, 7) is 1.56. The molecule has 60 valence electrons. The zero-order valence-electron chi connectivity index (χ0n) is 6.36. The van der Waals surface area contributed by atoms with Crippen LogP contribution in [0.2, 0.25) is 0 Å². The SMILES string of the molecule is C[C@H](O)c1cccc(CO)n1. The Morgan fingerprint density at radius 3 is 2.82 bits per heavy atom. The molecule has 0 aliphatic carbocycles. The van der Waals surface area contributed by atoms with E-state index in [0.29, 0.717) is 11.4 Å². The van der Waals surface area contributed by atoms with Crippen LogP contribution in [0.3, 0.4) is 0 Å². The van der Waals surface area contributed by atoms with E-state index in [1.165, 1.54) is 0 Å². The average Bonchev–Trinajstić information content (AvgIpc) is 2.05. The first-order chi connectivity index (χ1) is 5.24. The molecule has 1 atom stereocenters. The van der Waals surface area contributed by atoms with Gasteiger partial charge in [0.05, 0.1) is 24.1 Å². The molecule has 0 fully saturated rings. The molecule has 2 N–H and O–H groups in total. The van der Waals surface area contributed by atoms with Crippen molar-refractivity contribution in [3.63, 3.8) is 0 Å². The van der Waals surface area contributed by atoms with E-state index in [1.807, 2.05) is 0 Å². The fourth-order valence-corrected chi connectivity index (χ4v) is 0.819. The Balaban J connectivity index is 2.91. The highest BCUT2D eigenvalue weighted by Crippen LogP contribution is 2.08. The molecule has 0 saturated heterocycles. The number of hydrogen-bond donors (Lipinski definition) is 2. The van der Waals surface area contributed by atoms with Crippen molar-refractivity contribution in [3.8, 4) is 0 Å². The predicted octanol–water partition coefficient (Wildman–Crippen LogP) is 0.627. The molecule has 0 unspecified atom stereocenters.